The maximum absolute atomic E-state index is 9.33. The van der Waals surface area contributed by atoms with Crippen LogP contribution >= 0.6 is 23.2 Å². The van der Waals surface area contributed by atoms with Crippen LogP contribution < -0.4 is 0 Å². The van der Waals surface area contributed by atoms with E-state index in [9.17, 15) is 5.11 Å². The van der Waals surface area contributed by atoms with E-state index >= 15 is 0 Å². The molecule has 0 spiro atoms. The van der Waals surface area contributed by atoms with E-state index in [1.54, 1.807) is 12.2 Å². The predicted molar refractivity (Wildman–Crippen MR) is 56.8 cm³/mol. The summed E-state index contributed by atoms with van der Waals surface area (Å²) in [6, 6.07) is 0. The highest BCUT2D eigenvalue weighted by Gasteiger charge is 2.20. The van der Waals surface area contributed by atoms with Gasteiger partial charge in [0.25, 0.3) is 0 Å². The molecular weight excluding hydrogens is 207 g/mol. The largest absolute Gasteiger partial charge is 0.389 e. The minimum Gasteiger partial charge on any atom is -0.389 e. The van der Waals surface area contributed by atoms with Crippen LogP contribution in [0.4, 0.5) is 0 Å². The van der Waals surface area contributed by atoms with Crippen LogP contribution in [0.3, 0.4) is 0 Å². The molecule has 0 heterocycles. The number of hydrogen-bond donors (Lipinski definition) is 1. The Morgan fingerprint density at radius 3 is 2.77 bits per heavy atom. The summed E-state index contributed by atoms with van der Waals surface area (Å²) in [7, 11) is 0. The highest BCUT2D eigenvalue weighted by Crippen LogP contribution is 2.31. The Morgan fingerprint density at radius 2 is 2.38 bits per heavy atom. The van der Waals surface area contributed by atoms with Gasteiger partial charge >= 0.3 is 0 Å². The second-order valence-corrected chi connectivity index (χ2v) is 4.25. The number of halogens is 2. The molecule has 13 heavy (non-hydrogen) atoms. The van der Waals surface area contributed by atoms with E-state index in [0.717, 1.165) is 11.1 Å². The van der Waals surface area contributed by atoms with Crippen molar-refractivity contribution < 1.29 is 5.11 Å². The first kappa shape index (κ1) is 10.8. The maximum atomic E-state index is 9.33. The predicted octanol–water partition coefficient (Wildman–Crippen LogP) is 3.19. The Hall–Kier alpha value is -0.240. The standard InChI is InChI=1S/C10H12Cl2O/c1-6-3-8(13)5-9(6)7(2)4-10(11)12/h4-5,7-8,13H,1,3H2,2H3. The first-order valence-corrected chi connectivity index (χ1v) is 4.87. The molecule has 0 radical (unpaired) electrons. The number of rotatable bonds is 2. The van der Waals surface area contributed by atoms with Gasteiger partial charge in [-0.3, -0.25) is 0 Å². The van der Waals surface area contributed by atoms with E-state index in [1.807, 2.05) is 6.92 Å². The second-order valence-electron chi connectivity index (χ2n) is 3.24. The highest BCUT2D eigenvalue weighted by atomic mass is 35.5. The average Bonchev–Trinajstić information content (AvgIpc) is 2.28. The zero-order valence-corrected chi connectivity index (χ0v) is 8.94. The molecular formula is C10H12Cl2O. The van der Waals surface area contributed by atoms with Crippen molar-refractivity contribution in [2.45, 2.75) is 19.4 Å². The van der Waals surface area contributed by atoms with E-state index in [-0.39, 0.29) is 10.4 Å². The molecule has 72 valence electrons. The summed E-state index contributed by atoms with van der Waals surface area (Å²) in [5.74, 6) is 0.120. The Morgan fingerprint density at radius 1 is 1.77 bits per heavy atom. The van der Waals surface area contributed by atoms with Gasteiger partial charge in [-0.05, 0) is 17.2 Å². The van der Waals surface area contributed by atoms with Crippen molar-refractivity contribution in [2.75, 3.05) is 0 Å². The summed E-state index contributed by atoms with van der Waals surface area (Å²) in [6.07, 6.45) is 3.76. The van der Waals surface area contributed by atoms with Crippen LogP contribution in [0.2, 0.25) is 0 Å². The summed E-state index contributed by atoms with van der Waals surface area (Å²) < 4.78 is 0.252. The zero-order valence-electron chi connectivity index (χ0n) is 7.43. The van der Waals surface area contributed by atoms with E-state index in [4.69, 9.17) is 23.2 Å². The van der Waals surface area contributed by atoms with Gasteiger partial charge in [0, 0.05) is 12.3 Å². The molecule has 0 bridgehead atoms. The van der Waals surface area contributed by atoms with Gasteiger partial charge in [-0.2, -0.15) is 0 Å². The van der Waals surface area contributed by atoms with Gasteiger partial charge in [-0.1, -0.05) is 42.8 Å². The van der Waals surface area contributed by atoms with Gasteiger partial charge in [-0.25, -0.2) is 0 Å². The normalized spacial score (nSPS) is 24.2. The van der Waals surface area contributed by atoms with Crippen LogP contribution in [0.15, 0.2) is 34.4 Å². The molecule has 0 aliphatic heterocycles. The molecule has 1 aliphatic carbocycles. The summed E-state index contributed by atoms with van der Waals surface area (Å²) in [4.78, 5) is 0. The van der Waals surface area contributed by atoms with Crippen molar-refractivity contribution in [2.24, 2.45) is 5.92 Å². The summed E-state index contributed by atoms with van der Waals surface area (Å²) in [5.41, 5.74) is 2.00. The SMILES string of the molecule is C=C1CC(O)C=C1C(C)C=C(Cl)Cl. The third kappa shape index (κ3) is 2.87. The van der Waals surface area contributed by atoms with Gasteiger partial charge in [-0.15, -0.1) is 0 Å². The van der Waals surface area contributed by atoms with Gasteiger partial charge in [0.05, 0.1) is 6.10 Å². The molecule has 0 fully saturated rings. The molecule has 2 atom stereocenters. The summed E-state index contributed by atoms with van der Waals surface area (Å²) in [5, 5.41) is 9.33. The first-order valence-electron chi connectivity index (χ1n) is 4.11. The molecule has 0 saturated heterocycles. The lowest BCUT2D eigenvalue weighted by molar-refractivity contribution is 0.230. The average molecular weight is 219 g/mol. The lowest BCUT2D eigenvalue weighted by atomic mass is 9.98. The minimum atomic E-state index is -0.396. The lowest BCUT2D eigenvalue weighted by Crippen LogP contribution is -1.94. The van der Waals surface area contributed by atoms with Crippen molar-refractivity contribution >= 4 is 23.2 Å². The fourth-order valence-electron chi connectivity index (χ4n) is 1.51. The van der Waals surface area contributed by atoms with Crippen molar-refractivity contribution in [1.82, 2.24) is 0 Å². The van der Waals surface area contributed by atoms with Crippen molar-refractivity contribution in [3.05, 3.63) is 34.4 Å². The minimum absolute atomic E-state index is 0.120. The first-order chi connectivity index (χ1) is 6.00. The number of hydrogen-bond acceptors (Lipinski definition) is 1. The molecule has 0 amide bonds. The van der Waals surface area contributed by atoms with Crippen LogP contribution in [0.1, 0.15) is 13.3 Å². The van der Waals surface area contributed by atoms with E-state index in [2.05, 4.69) is 6.58 Å². The van der Waals surface area contributed by atoms with Crippen LogP contribution in [0.25, 0.3) is 0 Å². The fourth-order valence-corrected chi connectivity index (χ4v) is 1.88. The van der Waals surface area contributed by atoms with Crippen molar-refractivity contribution in [1.29, 1.82) is 0 Å². The van der Waals surface area contributed by atoms with Crippen molar-refractivity contribution in [3.63, 3.8) is 0 Å². The third-order valence-electron chi connectivity index (χ3n) is 2.10. The van der Waals surface area contributed by atoms with E-state index < -0.39 is 6.10 Å². The highest BCUT2D eigenvalue weighted by molar-refractivity contribution is 6.55. The van der Waals surface area contributed by atoms with Crippen LogP contribution in [-0.4, -0.2) is 11.2 Å². The maximum Gasteiger partial charge on any atom is 0.103 e. The van der Waals surface area contributed by atoms with Gasteiger partial charge < -0.3 is 5.11 Å². The van der Waals surface area contributed by atoms with Crippen LogP contribution in [-0.2, 0) is 0 Å². The third-order valence-corrected chi connectivity index (χ3v) is 2.35. The Bertz CT molecular complexity index is 275. The Labute approximate surface area is 88.3 Å². The number of aliphatic hydroxyl groups is 1. The molecule has 1 N–H and O–H groups in total. The smallest absolute Gasteiger partial charge is 0.103 e. The van der Waals surface area contributed by atoms with Gasteiger partial charge in [0.2, 0.25) is 0 Å². The molecule has 2 unspecified atom stereocenters. The molecule has 0 saturated carbocycles. The molecule has 1 aliphatic rings. The van der Waals surface area contributed by atoms with Gasteiger partial charge in [0.15, 0.2) is 0 Å². The molecule has 0 aromatic carbocycles. The summed E-state index contributed by atoms with van der Waals surface area (Å²) >= 11 is 11.1. The molecule has 0 aromatic heterocycles. The molecule has 0 aromatic rings. The van der Waals surface area contributed by atoms with E-state index in [0.29, 0.717) is 6.42 Å². The zero-order chi connectivity index (χ0) is 10.0. The van der Waals surface area contributed by atoms with Crippen LogP contribution in [0.5, 0.6) is 0 Å². The lowest BCUT2D eigenvalue weighted by Gasteiger charge is -2.08. The van der Waals surface area contributed by atoms with E-state index in [1.165, 1.54) is 0 Å². The fraction of sp³-hybridized carbons (Fsp3) is 0.400. The molecule has 3 heteroatoms. The quantitative estimate of drug-likeness (QED) is 0.756. The van der Waals surface area contributed by atoms with Crippen molar-refractivity contribution in [3.8, 4) is 0 Å². The molecule has 1 rings (SSSR count). The molecule has 1 nitrogen and oxygen atoms in total. The number of allylic oxidation sites excluding steroid dienone is 2. The van der Waals surface area contributed by atoms with Gasteiger partial charge in [0.1, 0.15) is 4.49 Å². The Balaban J connectivity index is 2.78. The monoisotopic (exact) mass is 218 g/mol. The topological polar surface area (TPSA) is 20.2 Å². The van der Waals surface area contributed by atoms with Crippen LogP contribution in [0, 0.1) is 5.92 Å². The second kappa shape index (κ2) is 4.32. The number of aliphatic hydroxyl groups excluding tert-OH is 1. The summed E-state index contributed by atoms with van der Waals surface area (Å²) in [6.45, 7) is 5.84. The Kier molecular flexibility index (Phi) is 3.60.